The van der Waals surface area contributed by atoms with Gasteiger partial charge in [-0.3, -0.25) is 0 Å². The predicted molar refractivity (Wildman–Crippen MR) is 50.9 cm³/mol. The highest BCUT2D eigenvalue weighted by molar-refractivity contribution is 9.10. The maximum absolute atomic E-state index is 12.3. The number of alkyl halides is 3. The maximum Gasteiger partial charge on any atom is 0.438 e. The van der Waals surface area contributed by atoms with E-state index in [2.05, 4.69) is 20.8 Å². The molecule has 0 atom stereocenters. The van der Waals surface area contributed by atoms with Crippen LogP contribution in [0.5, 0.6) is 5.75 Å². The van der Waals surface area contributed by atoms with Gasteiger partial charge in [0.05, 0.1) is 5.56 Å². The summed E-state index contributed by atoms with van der Waals surface area (Å²) >= 11 is 2.86. The zero-order chi connectivity index (χ0) is 12.3. The number of halogens is 4. The summed E-state index contributed by atoms with van der Waals surface area (Å²) in [6, 6.07) is 2.74. The fourth-order valence-corrected chi connectivity index (χ4v) is 1.36. The number of hydroxylamine groups is 1. The van der Waals surface area contributed by atoms with Crippen LogP contribution in [0.15, 0.2) is 22.7 Å². The lowest BCUT2D eigenvalue weighted by atomic mass is 10.2. The summed E-state index contributed by atoms with van der Waals surface area (Å²) < 4.78 is 37.1. The Balaban J connectivity index is 2.94. The highest BCUT2D eigenvalue weighted by Crippen LogP contribution is 2.33. The Morgan fingerprint density at radius 3 is 2.50 bits per heavy atom. The highest BCUT2D eigenvalue weighted by atomic mass is 79.9. The Morgan fingerprint density at radius 1 is 1.38 bits per heavy atom. The summed E-state index contributed by atoms with van der Waals surface area (Å²) in [6.07, 6.45) is -6.03. The molecule has 0 radical (unpaired) electrons. The Bertz CT molecular complexity index is 408. The molecule has 8 heteroatoms. The van der Waals surface area contributed by atoms with Crippen LogP contribution in [-0.4, -0.2) is 11.2 Å². The minimum atomic E-state index is -4.52. The van der Waals surface area contributed by atoms with Gasteiger partial charge in [0.15, 0.2) is 5.75 Å². The van der Waals surface area contributed by atoms with Crippen LogP contribution in [0.25, 0.3) is 0 Å². The minimum absolute atomic E-state index is 0.129. The monoisotopic (exact) mass is 299 g/mol. The molecule has 0 fully saturated rings. The topological polar surface area (TPSA) is 58.6 Å². The first-order chi connectivity index (χ1) is 7.29. The van der Waals surface area contributed by atoms with E-state index in [0.29, 0.717) is 6.07 Å². The van der Waals surface area contributed by atoms with Crippen molar-refractivity contribution in [1.82, 2.24) is 5.48 Å². The smallest absolute Gasteiger partial charge is 0.438 e. The average molecular weight is 300 g/mol. The van der Waals surface area contributed by atoms with Crippen LogP contribution < -0.4 is 10.3 Å². The van der Waals surface area contributed by atoms with E-state index in [-0.39, 0.29) is 10.2 Å². The van der Waals surface area contributed by atoms with Gasteiger partial charge >= 0.3 is 12.3 Å². The van der Waals surface area contributed by atoms with Gasteiger partial charge in [-0.15, -0.1) is 0 Å². The van der Waals surface area contributed by atoms with Crippen LogP contribution in [0.3, 0.4) is 0 Å². The quantitative estimate of drug-likeness (QED) is 0.825. The summed E-state index contributed by atoms with van der Waals surface area (Å²) in [4.78, 5) is 14.5. The molecule has 0 bridgehead atoms. The molecule has 2 N–H and O–H groups in total. The van der Waals surface area contributed by atoms with Crippen LogP contribution >= 0.6 is 15.9 Å². The first kappa shape index (κ1) is 12.6. The Hall–Kier alpha value is -1.44. The van der Waals surface area contributed by atoms with Crippen molar-refractivity contribution in [3.05, 3.63) is 28.2 Å². The molecule has 0 heterocycles. The van der Waals surface area contributed by atoms with E-state index in [4.69, 9.17) is 5.11 Å². The van der Waals surface area contributed by atoms with Crippen molar-refractivity contribution < 1.29 is 27.9 Å². The Morgan fingerprint density at radius 2 is 2.00 bits per heavy atom. The molecule has 0 unspecified atom stereocenters. The van der Waals surface area contributed by atoms with Crippen molar-refractivity contribution in [2.45, 2.75) is 6.18 Å². The van der Waals surface area contributed by atoms with Crippen LogP contribution in [0, 0.1) is 0 Å². The fraction of sp³-hybridized carbons (Fsp3) is 0.125. The summed E-state index contributed by atoms with van der Waals surface area (Å²) in [5, 5.41) is 8.20. The first-order valence-electron chi connectivity index (χ1n) is 3.82. The molecule has 0 saturated heterocycles. The van der Waals surface area contributed by atoms with Gasteiger partial charge < -0.3 is 9.94 Å². The standard InChI is InChI=1S/C8H5BrF3NO3/c9-5-1-4(8(10,11)12)2-6(3-5)16-13-7(14)15/h1-3,13H,(H,14,15). The van der Waals surface area contributed by atoms with Gasteiger partial charge in [-0.05, 0) is 18.2 Å². The van der Waals surface area contributed by atoms with Gasteiger partial charge in [-0.2, -0.15) is 18.7 Å². The van der Waals surface area contributed by atoms with Crippen LogP contribution in [0.1, 0.15) is 5.56 Å². The van der Waals surface area contributed by atoms with E-state index in [1.54, 1.807) is 0 Å². The highest BCUT2D eigenvalue weighted by Gasteiger charge is 2.31. The van der Waals surface area contributed by atoms with Gasteiger partial charge in [0, 0.05) is 4.47 Å². The van der Waals surface area contributed by atoms with E-state index in [1.807, 2.05) is 0 Å². The second-order valence-electron chi connectivity index (χ2n) is 2.68. The molecule has 0 aliphatic heterocycles. The molecular formula is C8H5BrF3NO3. The number of hydrogen-bond acceptors (Lipinski definition) is 2. The van der Waals surface area contributed by atoms with Gasteiger partial charge in [-0.25, -0.2) is 4.79 Å². The number of nitrogens with one attached hydrogen (secondary N) is 1. The average Bonchev–Trinajstić information content (AvgIpc) is 2.12. The number of benzene rings is 1. The molecule has 4 nitrogen and oxygen atoms in total. The molecule has 1 rings (SSSR count). The largest absolute Gasteiger partial charge is 0.463 e. The van der Waals surface area contributed by atoms with E-state index >= 15 is 0 Å². The summed E-state index contributed by atoms with van der Waals surface area (Å²) in [6.45, 7) is 0. The third-order valence-corrected chi connectivity index (χ3v) is 1.91. The molecule has 1 amide bonds. The van der Waals surface area contributed by atoms with E-state index < -0.39 is 17.8 Å². The van der Waals surface area contributed by atoms with E-state index in [1.165, 1.54) is 11.5 Å². The number of carbonyl (C=O) groups is 1. The van der Waals surface area contributed by atoms with Crippen molar-refractivity contribution in [1.29, 1.82) is 0 Å². The second-order valence-corrected chi connectivity index (χ2v) is 3.60. The molecule has 88 valence electrons. The lowest BCUT2D eigenvalue weighted by molar-refractivity contribution is -0.137. The predicted octanol–water partition coefficient (Wildman–Crippen LogP) is 3.03. The van der Waals surface area contributed by atoms with Crippen molar-refractivity contribution >= 4 is 22.0 Å². The number of amides is 1. The number of hydrogen-bond donors (Lipinski definition) is 2. The normalized spacial score (nSPS) is 11.0. The fourth-order valence-electron chi connectivity index (χ4n) is 0.888. The maximum atomic E-state index is 12.3. The SMILES string of the molecule is O=C(O)NOc1cc(Br)cc(C(F)(F)F)c1. The van der Waals surface area contributed by atoms with Crippen molar-refractivity contribution in [2.75, 3.05) is 0 Å². The molecule has 0 saturated carbocycles. The van der Waals surface area contributed by atoms with Gasteiger partial charge in [0.2, 0.25) is 0 Å². The molecule has 16 heavy (non-hydrogen) atoms. The Kier molecular flexibility index (Phi) is 3.63. The third-order valence-electron chi connectivity index (χ3n) is 1.45. The molecule has 0 aromatic heterocycles. The van der Waals surface area contributed by atoms with Gasteiger partial charge in [0.25, 0.3) is 0 Å². The molecule has 0 aliphatic carbocycles. The van der Waals surface area contributed by atoms with Crippen LogP contribution in [0.4, 0.5) is 18.0 Å². The summed E-state index contributed by atoms with van der Waals surface area (Å²) in [5.41, 5.74) is 0.555. The van der Waals surface area contributed by atoms with Crippen LogP contribution in [0.2, 0.25) is 0 Å². The van der Waals surface area contributed by atoms with Crippen molar-refractivity contribution in [3.8, 4) is 5.75 Å². The van der Waals surface area contributed by atoms with Crippen molar-refractivity contribution in [2.24, 2.45) is 0 Å². The minimum Gasteiger partial charge on any atom is -0.463 e. The van der Waals surface area contributed by atoms with E-state index in [9.17, 15) is 18.0 Å². The van der Waals surface area contributed by atoms with Crippen LogP contribution in [-0.2, 0) is 6.18 Å². The number of rotatable bonds is 2. The summed E-state index contributed by atoms with van der Waals surface area (Å²) in [5.74, 6) is -0.260. The zero-order valence-corrected chi connectivity index (χ0v) is 9.09. The Labute approximate surface area is 96.1 Å². The molecule has 0 spiro atoms. The van der Waals surface area contributed by atoms with Gasteiger partial charge in [-0.1, -0.05) is 15.9 Å². The lowest BCUT2D eigenvalue weighted by Crippen LogP contribution is -2.24. The molecule has 0 aliphatic rings. The molecular weight excluding hydrogens is 295 g/mol. The molecule has 1 aromatic carbocycles. The summed E-state index contributed by atoms with van der Waals surface area (Å²) in [7, 11) is 0. The second kappa shape index (κ2) is 4.60. The van der Waals surface area contributed by atoms with Crippen molar-refractivity contribution in [3.63, 3.8) is 0 Å². The zero-order valence-electron chi connectivity index (χ0n) is 7.51. The number of carboxylic acid groups (broad SMARTS) is 1. The lowest BCUT2D eigenvalue weighted by Gasteiger charge is -2.10. The van der Waals surface area contributed by atoms with Gasteiger partial charge in [0.1, 0.15) is 0 Å². The first-order valence-corrected chi connectivity index (χ1v) is 4.62. The third kappa shape index (κ3) is 3.61. The molecule has 1 aromatic rings. The van der Waals surface area contributed by atoms with E-state index in [0.717, 1.165) is 6.07 Å².